The van der Waals surface area contributed by atoms with Crippen molar-refractivity contribution in [2.75, 3.05) is 31.3 Å². The van der Waals surface area contributed by atoms with Crippen molar-refractivity contribution in [1.29, 1.82) is 0 Å². The highest BCUT2D eigenvalue weighted by Crippen LogP contribution is 2.53. The van der Waals surface area contributed by atoms with E-state index in [9.17, 15) is 14.7 Å². The van der Waals surface area contributed by atoms with Gasteiger partial charge in [-0.05, 0) is 61.3 Å². The Labute approximate surface area is 318 Å². The van der Waals surface area contributed by atoms with E-state index in [1.807, 2.05) is 97.0 Å². The first-order valence-corrected chi connectivity index (χ1v) is 21.3. The smallest absolute Gasteiger partial charge is 0.313 e. The van der Waals surface area contributed by atoms with Gasteiger partial charge in [-0.15, -0.1) is 23.5 Å². The van der Waals surface area contributed by atoms with Crippen molar-refractivity contribution in [2.45, 2.75) is 95.4 Å². The maximum Gasteiger partial charge on any atom is 0.313 e. The first-order chi connectivity index (χ1) is 23.7. The highest BCUT2D eigenvalue weighted by atomic mass is 33.1. The van der Waals surface area contributed by atoms with Crippen LogP contribution in [0.3, 0.4) is 0 Å². The second-order valence-corrected chi connectivity index (χ2v) is 20.3. The molecule has 276 valence electrons. The Hall–Kier alpha value is -1.36. The molecule has 2 aliphatic heterocycles. The van der Waals surface area contributed by atoms with Crippen LogP contribution in [0.2, 0.25) is 0 Å². The molecule has 0 amide bonds. The quantitative estimate of drug-likeness (QED) is 0.0822. The molecule has 50 heavy (non-hydrogen) atoms. The minimum atomic E-state index is -1.15. The summed E-state index contributed by atoms with van der Waals surface area (Å²) in [5.41, 5.74) is -1.01. The number of hydrogen-bond donors (Lipinski definition) is 1. The van der Waals surface area contributed by atoms with E-state index in [0.717, 1.165) is 16.3 Å². The zero-order valence-corrected chi connectivity index (χ0v) is 33.8. The number of rotatable bonds is 15. The molecule has 2 aromatic rings. The number of ether oxygens (including phenoxy) is 5. The summed E-state index contributed by atoms with van der Waals surface area (Å²) in [6.45, 7) is 14.1. The number of benzene rings is 1. The van der Waals surface area contributed by atoms with Gasteiger partial charge in [-0.3, -0.25) is 9.59 Å². The predicted octanol–water partition coefficient (Wildman–Crippen LogP) is 7.76. The Bertz CT molecular complexity index is 1420. The molecule has 3 heterocycles. The lowest BCUT2D eigenvalue weighted by molar-refractivity contribution is -0.315. The molecular weight excluding hydrogens is 735 g/mol. The third-order valence-corrected chi connectivity index (χ3v) is 14.6. The van der Waals surface area contributed by atoms with Crippen molar-refractivity contribution in [3.05, 3.63) is 60.3 Å². The summed E-state index contributed by atoms with van der Waals surface area (Å²) in [6, 6.07) is 15.2. The molecule has 9 nitrogen and oxygen atoms in total. The molecular formula is C36H49NO8S5. The normalized spacial score (nSPS) is 24.4. The lowest BCUT2D eigenvalue weighted by Gasteiger charge is -2.48. The van der Waals surface area contributed by atoms with Crippen LogP contribution in [0, 0.1) is 16.7 Å². The summed E-state index contributed by atoms with van der Waals surface area (Å²) in [5, 5.41) is 12.4. The van der Waals surface area contributed by atoms with Crippen LogP contribution in [0.15, 0.2) is 59.8 Å². The highest BCUT2D eigenvalue weighted by Gasteiger charge is 2.55. The van der Waals surface area contributed by atoms with Gasteiger partial charge in [-0.2, -0.15) is 0 Å². The molecule has 0 saturated carbocycles. The second kappa shape index (κ2) is 18.6. The van der Waals surface area contributed by atoms with Crippen LogP contribution in [-0.4, -0.2) is 86.0 Å². The maximum absolute atomic E-state index is 14.5. The number of esters is 2. The highest BCUT2D eigenvalue weighted by molar-refractivity contribution is 8.76. The maximum atomic E-state index is 14.5. The van der Waals surface area contributed by atoms with Gasteiger partial charge in [0.2, 0.25) is 0 Å². The number of aliphatic hydroxyl groups excluding tert-OH is 1. The lowest BCUT2D eigenvalue weighted by atomic mass is 9.63. The van der Waals surface area contributed by atoms with Crippen molar-refractivity contribution in [2.24, 2.45) is 16.7 Å². The lowest BCUT2D eigenvalue weighted by Crippen LogP contribution is -2.60. The number of fused-ring (bicyclic) bond motifs is 1. The van der Waals surface area contributed by atoms with E-state index in [1.54, 1.807) is 28.8 Å². The first kappa shape index (κ1) is 41.4. The third kappa shape index (κ3) is 10.6. The number of thiocarbonyl (C=S) groups is 1. The van der Waals surface area contributed by atoms with Gasteiger partial charge >= 0.3 is 11.9 Å². The van der Waals surface area contributed by atoms with E-state index < -0.39 is 58.2 Å². The number of thioether (sulfide) groups is 2. The molecule has 7 atom stereocenters. The van der Waals surface area contributed by atoms with E-state index in [2.05, 4.69) is 4.98 Å². The van der Waals surface area contributed by atoms with Crippen LogP contribution in [0.1, 0.15) is 66.7 Å². The van der Waals surface area contributed by atoms with E-state index in [-0.39, 0.29) is 32.2 Å². The van der Waals surface area contributed by atoms with Gasteiger partial charge in [0.1, 0.15) is 33.5 Å². The predicted molar refractivity (Wildman–Crippen MR) is 207 cm³/mol. The summed E-state index contributed by atoms with van der Waals surface area (Å²) in [6.07, 6.45) is -2.01. The van der Waals surface area contributed by atoms with Crippen molar-refractivity contribution >= 4 is 72.8 Å². The standard InChI is InChI=1S/C36H49NO8S5/c1-8-47-33(46)49-35(5,6)36(7,22-34(3,4)23(2)30(39)41-18-19-48-50-27-16-12-13-17-37-27)32(40)44-25-20-42-26-21-43-31(45-29(26)28(25)38)24-14-10-9-11-15-24/h9-17,23,25-26,28-29,31,38H,8,18-22H2,1-7H3/t23?,25-,26+,28+,29+,31?,36?/m0/s1. The fourth-order valence-corrected chi connectivity index (χ4v) is 10.8. The largest absolute Gasteiger partial charge is 0.465 e. The van der Waals surface area contributed by atoms with Crippen LogP contribution in [-0.2, 0) is 33.3 Å². The molecule has 1 aromatic heterocycles. The van der Waals surface area contributed by atoms with Crippen LogP contribution in [0.4, 0.5) is 0 Å². The van der Waals surface area contributed by atoms with E-state index in [4.69, 9.17) is 35.9 Å². The fraction of sp³-hybridized carbons (Fsp3) is 0.611. The van der Waals surface area contributed by atoms with Crippen LogP contribution < -0.4 is 0 Å². The molecule has 0 bridgehead atoms. The van der Waals surface area contributed by atoms with Gasteiger partial charge in [0.05, 0.1) is 24.5 Å². The van der Waals surface area contributed by atoms with Gasteiger partial charge < -0.3 is 28.8 Å². The van der Waals surface area contributed by atoms with Gasteiger partial charge in [0.15, 0.2) is 12.4 Å². The summed E-state index contributed by atoms with van der Waals surface area (Å²) in [5.74, 6) is 0.0429. The number of pyridine rings is 1. The third-order valence-electron chi connectivity index (χ3n) is 9.49. The molecule has 3 unspecified atom stereocenters. The summed E-state index contributed by atoms with van der Waals surface area (Å²) < 4.78 is 29.9. The molecule has 2 aliphatic rings. The Balaban J connectivity index is 1.45. The summed E-state index contributed by atoms with van der Waals surface area (Å²) in [7, 11) is 3.10. The SMILES string of the molecule is CCSC(=S)SC(C)(C)C(C)(CC(C)(C)C(C)C(=O)OCCSSc1ccccn1)C(=O)O[C@H]1CO[C@@H]2COC(c3ccccc3)O[C@H]2[C@@H]1O. The van der Waals surface area contributed by atoms with Crippen molar-refractivity contribution in [1.82, 2.24) is 4.98 Å². The number of nitrogens with zero attached hydrogens (tertiary/aromatic N) is 1. The van der Waals surface area contributed by atoms with Crippen molar-refractivity contribution in [3.63, 3.8) is 0 Å². The zero-order valence-electron chi connectivity index (χ0n) is 29.7. The Morgan fingerprint density at radius 3 is 2.46 bits per heavy atom. The number of aromatic nitrogens is 1. The number of carbonyl (C=O) groups excluding carboxylic acids is 2. The molecule has 1 aromatic carbocycles. The fourth-order valence-electron chi connectivity index (χ4n) is 5.86. The zero-order chi connectivity index (χ0) is 36.5. The monoisotopic (exact) mass is 783 g/mol. The molecule has 0 radical (unpaired) electrons. The van der Waals surface area contributed by atoms with Gasteiger partial charge in [0, 0.05) is 22.3 Å². The molecule has 14 heteroatoms. The molecule has 4 rings (SSSR count). The first-order valence-electron chi connectivity index (χ1n) is 16.7. The van der Waals surface area contributed by atoms with E-state index in [1.165, 1.54) is 22.6 Å². The van der Waals surface area contributed by atoms with E-state index in [0.29, 0.717) is 9.28 Å². The average molecular weight is 784 g/mol. The molecule has 1 N–H and O–H groups in total. The topological polar surface area (TPSA) is 113 Å². The van der Waals surface area contributed by atoms with Crippen molar-refractivity contribution in [3.8, 4) is 0 Å². The molecule has 2 fully saturated rings. The van der Waals surface area contributed by atoms with Crippen LogP contribution in [0.25, 0.3) is 0 Å². The summed E-state index contributed by atoms with van der Waals surface area (Å²) in [4.78, 5) is 32.1. The van der Waals surface area contributed by atoms with E-state index >= 15 is 0 Å². The second-order valence-electron chi connectivity index (χ2n) is 13.7. The van der Waals surface area contributed by atoms with Gasteiger partial charge in [0.25, 0.3) is 0 Å². The average Bonchev–Trinajstić information content (AvgIpc) is 3.09. The number of carbonyl (C=O) groups is 2. The Kier molecular flexibility index (Phi) is 15.4. The minimum Gasteiger partial charge on any atom is -0.465 e. The van der Waals surface area contributed by atoms with Gasteiger partial charge in [-0.1, -0.05) is 87.1 Å². The molecule has 2 saturated heterocycles. The Morgan fingerprint density at radius 1 is 1.06 bits per heavy atom. The van der Waals surface area contributed by atoms with Crippen LogP contribution in [0.5, 0.6) is 0 Å². The molecule has 0 spiro atoms. The van der Waals surface area contributed by atoms with Crippen LogP contribution >= 0.6 is 57.3 Å². The number of hydrogen-bond acceptors (Lipinski definition) is 14. The molecule has 0 aliphatic carbocycles. The Morgan fingerprint density at radius 2 is 1.78 bits per heavy atom. The minimum absolute atomic E-state index is 0.00665. The number of aliphatic hydroxyl groups is 1. The van der Waals surface area contributed by atoms with Crippen molar-refractivity contribution < 1.29 is 38.4 Å². The summed E-state index contributed by atoms with van der Waals surface area (Å²) >= 11 is 8.69. The van der Waals surface area contributed by atoms with Gasteiger partial charge in [-0.25, -0.2) is 4.98 Å².